The molecule has 57 heavy (non-hydrogen) atoms. The Labute approximate surface area is 306 Å². The van der Waals surface area contributed by atoms with E-state index in [1.807, 2.05) is 0 Å². The van der Waals surface area contributed by atoms with Crippen LogP contribution in [0.4, 0.5) is 65.9 Å². The highest BCUT2D eigenvalue weighted by atomic mass is 19.4. The lowest BCUT2D eigenvalue weighted by Crippen LogP contribution is -2.16. The van der Waals surface area contributed by atoms with Crippen LogP contribution in [-0.2, 0) is 24.7 Å². The minimum atomic E-state index is -5.88. The Morgan fingerprint density at radius 2 is 0.667 bits per heavy atom. The van der Waals surface area contributed by atoms with Crippen LogP contribution in [0.3, 0.4) is 0 Å². The van der Waals surface area contributed by atoms with Crippen molar-refractivity contribution in [1.29, 1.82) is 31.6 Å². The average molecular weight is 806 g/mol. The fourth-order valence-electron chi connectivity index (χ4n) is 6.26. The number of hydrogen-bond acceptors (Lipinski definition) is 6. The van der Waals surface area contributed by atoms with Crippen molar-refractivity contribution in [2.24, 2.45) is 0 Å². The zero-order valence-corrected chi connectivity index (χ0v) is 26.7. The van der Waals surface area contributed by atoms with Crippen molar-refractivity contribution in [2.75, 3.05) is 0 Å². The van der Waals surface area contributed by atoms with Gasteiger partial charge in [0.05, 0.1) is 33.4 Å². The van der Waals surface area contributed by atoms with Gasteiger partial charge >= 0.3 is 24.7 Å². The summed E-state index contributed by atoms with van der Waals surface area (Å²) >= 11 is 0. The first kappa shape index (κ1) is 40.7. The maximum absolute atomic E-state index is 17.0. The minimum Gasteiger partial charge on any atom is -0.206 e. The molecule has 21 heteroatoms. The van der Waals surface area contributed by atoms with Crippen LogP contribution < -0.4 is 0 Å². The third-order valence-corrected chi connectivity index (χ3v) is 8.42. The maximum atomic E-state index is 17.0. The molecule has 0 fully saturated rings. The van der Waals surface area contributed by atoms with E-state index in [1.54, 1.807) is 0 Å². The molecule has 5 rings (SSSR count). The van der Waals surface area contributed by atoms with E-state index in [0.29, 0.717) is 6.07 Å². The van der Waals surface area contributed by atoms with Crippen LogP contribution in [0.1, 0.15) is 55.6 Å². The lowest BCUT2D eigenvalue weighted by atomic mass is 9.87. The number of nitriles is 6. The van der Waals surface area contributed by atoms with Gasteiger partial charge in [0.25, 0.3) is 0 Å². The summed E-state index contributed by atoms with van der Waals surface area (Å²) in [5.74, 6) is -7.64. The van der Waals surface area contributed by atoms with E-state index >= 15 is 4.39 Å². The molecule has 0 saturated carbocycles. The summed E-state index contributed by atoms with van der Waals surface area (Å²) in [7, 11) is 0. The minimum absolute atomic E-state index is 0.264. The van der Waals surface area contributed by atoms with Crippen molar-refractivity contribution in [1.82, 2.24) is 0 Å². The van der Waals surface area contributed by atoms with Gasteiger partial charge in [-0.25, -0.2) is 13.2 Å². The van der Waals surface area contributed by atoms with Crippen molar-refractivity contribution in [3.63, 3.8) is 0 Å². The van der Waals surface area contributed by atoms with Crippen LogP contribution in [0.25, 0.3) is 33.4 Å². The summed E-state index contributed by atoms with van der Waals surface area (Å²) in [5.41, 5.74) is -27.3. The topological polar surface area (TPSA) is 143 Å². The predicted octanol–water partition coefficient (Wildman–Crippen LogP) is 10.7. The highest BCUT2D eigenvalue weighted by molar-refractivity contribution is 6.30. The molecule has 0 N–H and O–H groups in total. The standard InChI is InChI=1S/C36H5F15N6/c37-30-20(33(40,41)42)1-12(2-21(30)34(43,44)45)24-18(10-56)28-16(26(24)14(6-52)7-53)5-17-27(15(8-54)9-55)25(19(11-57)29(17)32(28)39)13-3-22(35(46,47)48)31(38)23(4-13)36(49,50)51/h1-5H. The van der Waals surface area contributed by atoms with Crippen LogP contribution in [0, 0.1) is 85.4 Å². The predicted molar refractivity (Wildman–Crippen MR) is 160 cm³/mol. The Kier molecular flexibility index (Phi) is 9.54. The number of rotatable bonds is 2. The summed E-state index contributed by atoms with van der Waals surface area (Å²) in [5, 5.41) is 59.5. The molecule has 0 atom stereocenters. The zero-order chi connectivity index (χ0) is 42.9. The first-order valence-corrected chi connectivity index (χ1v) is 14.6. The van der Waals surface area contributed by atoms with Gasteiger partial charge in [0.15, 0.2) is 0 Å². The van der Waals surface area contributed by atoms with Crippen molar-refractivity contribution in [3.8, 4) is 36.4 Å². The van der Waals surface area contributed by atoms with Gasteiger partial charge in [0, 0.05) is 33.4 Å². The number of benzene rings is 3. The molecule has 6 nitrogen and oxygen atoms in total. The second-order valence-corrected chi connectivity index (χ2v) is 11.5. The molecule has 3 aromatic carbocycles. The lowest BCUT2D eigenvalue weighted by molar-refractivity contribution is -0.149. The fourth-order valence-corrected chi connectivity index (χ4v) is 6.26. The molecule has 0 radical (unpaired) electrons. The normalized spacial score (nSPS) is 13.9. The Bertz CT molecular complexity index is 2480. The van der Waals surface area contributed by atoms with E-state index in [0.717, 1.165) is 0 Å². The Hall–Kier alpha value is -7.49. The first-order valence-electron chi connectivity index (χ1n) is 14.6. The van der Waals surface area contributed by atoms with Gasteiger partial charge in [-0.1, -0.05) is 0 Å². The Morgan fingerprint density at radius 1 is 0.404 bits per heavy atom. The molecule has 0 unspecified atom stereocenters. The van der Waals surface area contributed by atoms with Crippen LogP contribution in [0.2, 0.25) is 0 Å². The third kappa shape index (κ3) is 6.35. The first-order chi connectivity index (χ1) is 26.3. The van der Waals surface area contributed by atoms with Gasteiger partial charge in [0.2, 0.25) is 0 Å². The molecular weight excluding hydrogens is 801 g/mol. The number of nitrogens with zero attached hydrogens (tertiary/aromatic N) is 6. The van der Waals surface area contributed by atoms with E-state index in [9.17, 15) is 93.0 Å². The van der Waals surface area contributed by atoms with Gasteiger partial charge in [-0.2, -0.15) is 84.3 Å². The molecule has 2 aliphatic carbocycles. The zero-order valence-electron chi connectivity index (χ0n) is 26.7. The third-order valence-electron chi connectivity index (χ3n) is 8.42. The smallest absolute Gasteiger partial charge is 0.206 e. The highest BCUT2D eigenvalue weighted by Gasteiger charge is 2.47. The van der Waals surface area contributed by atoms with E-state index in [1.165, 1.54) is 36.4 Å². The molecule has 0 amide bonds. The lowest BCUT2D eigenvalue weighted by Gasteiger charge is -2.18. The molecule has 0 aliphatic heterocycles. The van der Waals surface area contributed by atoms with Crippen molar-refractivity contribution >= 4 is 33.4 Å². The molecule has 0 heterocycles. The van der Waals surface area contributed by atoms with E-state index in [-0.39, 0.29) is 24.3 Å². The summed E-state index contributed by atoms with van der Waals surface area (Å²) in [6.45, 7) is 0. The van der Waals surface area contributed by atoms with E-state index in [4.69, 9.17) is 0 Å². The molecular formula is C36H5F15N6. The molecule has 2 aliphatic rings. The number of halogens is 15. The summed E-state index contributed by atoms with van der Waals surface area (Å²) in [6.07, 6.45) is -23.5. The molecule has 0 saturated heterocycles. The number of alkyl halides is 12. The quantitative estimate of drug-likeness (QED) is 0.186. The van der Waals surface area contributed by atoms with Gasteiger partial charge in [-0.05, 0) is 52.6 Å². The summed E-state index contributed by atoms with van der Waals surface area (Å²) in [4.78, 5) is 0. The van der Waals surface area contributed by atoms with Crippen molar-refractivity contribution < 1.29 is 65.9 Å². The van der Waals surface area contributed by atoms with Gasteiger partial charge in [0.1, 0.15) is 65.0 Å². The Balaban J connectivity index is 2.05. The van der Waals surface area contributed by atoms with Crippen LogP contribution >= 0.6 is 0 Å². The van der Waals surface area contributed by atoms with Gasteiger partial charge < -0.3 is 0 Å². The van der Waals surface area contributed by atoms with Crippen LogP contribution in [0.15, 0.2) is 41.5 Å². The monoisotopic (exact) mass is 806 g/mol. The second kappa shape index (κ2) is 13.4. The maximum Gasteiger partial charge on any atom is 0.419 e. The number of fused-ring (bicyclic) bond motifs is 2. The summed E-state index contributed by atoms with van der Waals surface area (Å²) in [6, 6.07) is 6.92. The van der Waals surface area contributed by atoms with Crippen molar-refractivity contribution in [3.05, 3.63) is 115 Å². The summed E-state index contributed by atoms with van der Waals surface area (Å²) < 4.78 is 213. The molecule has 0 spiro atoms. The molecule has 0 bridgehead atoms. The fraction of sp³-hybridized carbons (Fsp3) is 0.111. The second-order valence-electron chi connectivity index (χ2n) is 11.5. The average Bonchev–Trinajstić information content (AvgIpc) is 3.61. The number of allylic oxidation sites excluding steroid dienone is 8. The van der Waals surface area contributed by atoms with E-state index in [2.05, 4.69) is 0 Å². The molecule has 3 aromatic rings. The molecule has 0 aromatic heterocycles. The Morgan fingerprint density at radius 3 is 0.877 bits per heavy atom. The SMILES string of the molecule is N#CC(C#N)=C1C(c2cc(C(F)(F)F)c(F)c(C(F)(F)F)c2)=C(C#N)c2c1cc1c(c2F)C(C#N)=C(c2cc(C(F)(F)F)c(F)c(C(F)(F)F)c2)C1=C(C#N)C#N. The van der Waals surface area contributed by atoms with Crippen LogP contribution in [0.5, 0.6) is 0 Å². The van der Waals surface area contributed by atoms with E-state index < -0.39 is 142 Å². The number of hydrogen-bond donors (Lipinski definition) is 0. The van der Waals surface area contributed by atoms with Crippen LogP contribution in [-0.4, -0.2) is 0 Å². The molecule has 284 valence electrons. The van der Waals surface area contributed by atoms with Gasteiger partial charge in [-0.15, -0.1) is 0 Å². The van der Waals surface area contributed by atoms with Gasteiger partial charge in [-0.3, -0.25) is 0 Å². The largest absolute Gasteiger partial charge is 0.419 e. The van der Waals surface area contributed by atoms with Crippen molar-refractivity contribution in [2.45, 2.75) is 24.7 Å². The highest BCUT2D eigenvalue weighted by Crippen LogP contribution is 2.57.